The number of para-hydroxylation sites is 2. The van der Waals surface area contributed by atoms with Gasteiger partial charge in [-0.3, -0.25) is 19.5 Å². The van der Waals surface area contributed by atoms with Crippen LogP contribution in [0.25, 0.3) is 16.7 Å². The molecule has 4 aromatic rings. The standard InChI is InChI=1S/C20H15N5O3/c21-16-10-5-13(11-19(16)25(27)28)20(26)23-14-6-8-15(9-7-14)24-12-22-17-3-1-2-4-18(17)24/h1-12H,21H2,(H,23,26). The highest BCUT2D eigenvalue weighted by Gasteiger charge is 2.16. The van der Waals surface area contributed by atoms with Gasteiger partial charge in [-0.1, -0.05) is 12.1 Å². The topological polar surface area (TPSA) is 116 Å². The Kier molecular flexibility index (Phi) is 4.21. The van der Waals surface area contributed by atoms with Gasteiger partial charge in [0.25, 0.3) is 11.6 Å². The molecule has 4 rings (SSSR count). The molecule has 0 unspecified atom stereocenters. The molecule has 28 heavy (non-hydrogen) atoms. The minimum Gasteiger partial charge on any atom is -0.393 e. The number of nitrogens with zero attached hydrogens (tertiary/aromatic N) is 3. The molecule has 8 nitrogen and oxygen atoms in total. The maximum Gasteiger partial charge on any atom is 0.292 e. The fraction of sp³-hybridized carbons (Fsp3) is 0. The number of nitrogens with one attached hydrogen (secondary N) is 1. The van der Waals surface area contributed by atoms with Crippen LogP contribution in [-0.2, 0) is 0 Å². The fourth-order valence-electron chi connectivity index (χ4n) is 2.92. The Hall–Kier alpha value is -4.20. The largest absolute Gasteiger partial charge is 0.393 e. The summed E-state index contributed by atoms with van der Waals surface area (Å²) in [6.45, 7) is 0. The molecule has 0 radical (unpaired) electrons. The Morgan fingerprint density at radius 2 is 1.82 bits per heavy atom. The lowest BCUT2D eigenvalue weighted by Gasteiger charge is -2.08. The zero-order chi connectivity index (χ0) is 19.7. The number of hydrogen-bond donors (Lipinski definition) is 2. The summed E-state index contributed by atoms with van der Waals surface area (Å²) in [5, 5.41) is 13.7. The van der Waals surface area contributed by atoms with Crippen molar-refractivity contribution in [2.45, 2.75) is 0 Å². The third-order valence-corrected chi connectivity index (χ3v) is 4.35. The highest BCUT2D eigenvalue weighted by atomic mass is 16.6. The van der Waals surface area contributed by atoms with E-state index < -0.39 is 10.8 Å². The molecular formula is C20H15N5O3. The molecular weight excluding hydrogens is 358 g/mol. The molecule has 3 aromatic carbocycles. The second-order valence-corrected chi connectivity index (χ2v) is 6.13. The zero-order valence-corrected chi connectivity index (χ0v) is 14.6. The summed E-state index contributed by atoms with van der Waals surface area (Å²) in [5.74, 6) is -0.455. The van der Waals surface area contributed by atoms with E-state index in [4.69, 9.17) is 5.73 Å². The van der Waals surface area contributed by atoms with Crippen molar-refractivity contribution in [1.82, 2.24) is 9.55 Å². The number of imidazole rings is 1. The number of nitrogen functional groups attached to an aromatic ring is 1. The second-order valence-electron chi connectivity index (χ2n) is 6.13. The van der Waals surface area contributed by atoms with Crippen LogP contribution in [-0.4, -0.2) is 20.4 Å². The van der Waals surface area contributed by atoms with Gasteiger partial charge >= 0.3 is 0 Å². The second kappa shape index (κ2) is 6.84. The van der Waals surface area contributed by atoms with Crippen molar-refractivity contribution < 1.29 is 9.72 Å². The Balaban J connectivity index is 1.56. The van der Waals surface area contributed by atoms with E-state index in [1.807, 2.05) is 41.0 Å². The number of rotatable bonds is 4. The van der Waals surface area contributed by atoms with Crippen LogP contribution in [0, 0.1) is 10.1 Å². The first-order chi connectivity index (χ1) is 13.5. The van der Waals surface area contributed by atoms with E-state index >= 15 is 0 Å². The monoisotopic (exact) mass is 373 g/mol. The van der Waals surface area contributed by atoms with Crippen molar-refractivity contribution >= 4 is 34.0 Å². The third-order valence-electron chi connectivity index (χ3n) is 4.35. The number of benzene rings is 3. The van der Waals surface area contributed by atoms with Crippen molar-refractivity contribution in [1.29, 1.82) is 0 Å². The molecule has 0 atom stereocenters. The highest BCUT2D eigenvalue weighted by molar-refractivity contribution is 6.05. The van der Waals surface area contributed by atoms with E-state index in [0.29, 0.717) is 5.69 Å². The molecule has 8 heteroatoms. The SMILES string of the molecule is Nc1ccc(C(=O)Nc2ccc(-n3cnc4ccccc43)cc2)cc1[N+](=O)[O-]. The Labute approximate surface area is 159 Å². The Bertz CT molecular complexity index is 1200. The molecule has 0 fully saturated rings. The molecule has 0 aliphatic heterocycles. The fourth-order valence-corrected chi connectivity index (χ4v) is 2.92. The Morgan fingerprint density at radius 3 is 2.57 bits per heavy atom. The van der Waals surface area contributed by atoms with E-state index in [1.165, 1.54) is 12.1 Å². The number of fused-ring (bicyclic) bond motifs is 1. The van der Waals surface area contributed by atoms with Crippen LogP contribution in [0.4, 0.5) is 17.1 Å². The molecule has 1 amide bonds. The lowest BCUT2D eigenvalue weighted by Crippen LogP contribution is -2.12. The van der Waals surface area contributed by atoms with E-state index in [1.54, 1.807) is 18.5 Å². The van der Waals surface area contributed by atoms with Gasteiger partial charge in [0.2, 0.25) is 0 Å². The zero-order valence-electron chi connectivity index (χ0n) is 14.6. The molecule has 0 aliphatic rings. The van der Waals surface area contributed by atoms with E-state index in [9.17, 15) is 14.9 Å². The summed E-state index contributed by atoms with van der Waals surface area (Å²) < 4.78 is 1.95. The van der Waals surface area contributed by atoms with Crippen LogP contribution in [0.5, 0.6) is 0 Å². The number of nitro benzene ring substituents is 1. The average molecular weight is 373 g/mol. The molecule has 0 saturated carbocycles. The maximum absolute atomic E-state index is 12.4. The first-order valence-corrected chi connectivity index (χ1v) is 8.41. The molecule has 3 N–H and O–H groups in total. The molecule has 0 aliphatic carbocycles. The lowest BCUT2D eigenvalue weighted by atomic mass is 10.1. The van der Waals surface area contributed by atoms with Gasteiger partial charge in [-0.2, -0.15) is 0 Å². The smallest absolute Gasteiger partial charge is 0.292 e. The Morgan fingerprint density at radius 1 is 1.07 bits per heavy atom. The number of amides is 1. The molecule has 138 valence electrons. The van der Waals surface area contributed by atoms with Gasteiger partial charge in [-0.25, -0.2) is 4.98 Å². The normalized spacial score (nSPS) is 10.7. The van der Waals surface area contributed by atoms with Crippen molar-refractivity contribution in [2.75, 3.05) is 11.1 Å². The highest BCUT2D eigenvalue weighted by Crippen LogP contribution is 2.24. The lowest BCUT2D eigenvalue weighted by molar-refractivity contribution is -0.383. The van der Waals surface area contributed by atoms with Crippen molar-refractivity contribution in [2.24, 2.45) is 0 Å². The summed E-state index contributed by atoms with van der Waals surface area (Å²) in [6, 6.07) is 19.0. The van der Waals surface area contributed by atoms with Crippen molar-refractivity contribution in [3.05, 3.63) is 88.7 Å². The maximum atomic E-state index is 12.4. The van der Waals surface area contributed by atoms with E-state index in [0.717, 1.165) is 22.8 Å². The first-order valence-electron chi connectivity index (χ1n) is 8.41. The van der Waals surface area contributed by atoms with Gasteiger partial charge in [0.1, 0.15) is 12.0 Å². The summed E-state index contributed by atoms with van der Waals surface area (Å²) >= 11 is 0. The minimum atomic E-state index is -0.615. The molecule has 0 bridgehead atoms. The number of carbonyl (C=O) groups excluding carboxylic acids is 1. The van der Waals surface area contributed by atoms with Crippen LogP contribution in [0.15, 0.2) is 73.1 Å². The molecule has 0 saturated heterocycles. The van der Waals surface area contributed by atoms with Crippen LogP contribution >= 0.6 is 0 Å². The average Bonchev–Trinajstić information content (AvgIpc) is 3.13. The predicted molar refractivity (Wildman–Crippen MR) is 107 cm³/mol. The third kappa shape index (κ3) is 3.14. The number of nitro groups is 1. The van der Waals surface area contributed by atoms with E-state index in [2.05, 4.69) is 10.3 Å². The quantitative estimate of drug-likeness (QED) is 0.321. The van der Waals surface area contributed by atoms with Crippen LogP contribution in [0.3, 0.4) is 0 Å². The van der Waals surface area contributed by atoms with Gasteiger partial charge < -0.3 is 11.1 Å². The van der Waals surface area contributed by atoms with E-state index in [-0.39, 0.29) is 16.9 Å². The minimum absolute atomic E-state index is 0.0125. The van der Waals surface area contributed by atoms with Crippen LogP contribution in [0.1, 0.15) is 10.4 Å². The number of aromatic nitrogens is 2. The number of carbonyl (C=O) groups is 1. The predicted octanol–water partition coefficient (Wildman–Crippen LogP) is 3.77. The van der Waals surface area contributed by atoms with Gasteiger partial charge in [0.05, 0.1) is 16.0 Å². The van der Waals surface area contributed by atoms with Gasteiger partial charge in [0.15, 0.2) is 0 Å². The van der Waals surface area contributed by atoms with Crippen molar-refractivity contribution in [3.63, 3.8) is 0 Å². The number of anilines is 2. The number of hydrogen-bond acceptors (Lipinski definition) is 5. The molecule has 1 aromatic heterocycles. The van der Waals surface area contributed by atoms with Crippen LogP contribution in [0.2, 0.25) is 0 Å². The van der Waals surface area contributed by atoms with Gasteiger partial charge in [-0.15, -0.1) is 0 Å². The first kappa shape index (κ1) is 17.2. The number of nitrogens with two attached hydrogens (primary N) is 1. The summed E-state index contributed by atoms with van der Waals surface area (Å²) in [4.78, 5) is 27.1. The van der Waals surface area contributed by atoms with Gasteiger partial charge in [0, 0.05) is 23.0 Å². The van der Waals surface area contributed by atoms with Crippen LogP contribution < -0.4 is 11.1 Å². The molecule has 0 spiro atoms. The summed E-state index contributed by atoms with van der Waals surface area (Å²) in [5.41, 5.74) is 8.78. The van der Waals surface area contributed by atoms with Crippen molar-refractivity contribution in [3.8, 4) is 5.69 Å². The summed E-state index contributed by atoms with van der Waals surface area (Å²) in [7, 11) is 0. The molecule has 1 heterocycles. The van der Waals surface area contributed by atoms with Gasteiger partial charge in [-0.05, 0) is 48.5 Å². The summed E-state index contributed by atoms with van der Waals surface area (Å²) in [6.07, 6.45) is 1.74.